The fourth-order valence-electron chi connectivity index (χ4n) is 1.18. The second-order valence-corrected chi connectivity index (χ2v) is 4.20. The average molecular weight is 225 g/mol. The highest BCUT2D eigenvalue weighted by Gasteiger charge is 2.16. The summed E-state index contributed by atoms with van der Waals surface area (Å²) < 4.78 is 10.9. The third kappa shape index (κ3) is 3.79. The van der Waals surface area contributed by atoms with E-state index in [-0.39, 0.29) is 12.2 Å². The Hall–Kier alpha value is -1.13. The van der Waals surface area contributed by atoms with Gasteiger partial charge in [-0.15, -0.1) is 0 Å². The van der Waals surface area contributed by atoms with Crippen LogP contribution in [0.4, 0.5) is 0 Å². The van der Waals surface area contributed by atoms with Crippen molar-refractivity contribution in [1.82, 2.24) is 4.98 Å². The molecule has 16 heavy (non-hydrogen) atoms. The normalized spacial score (nSPS) is 11.5. The minimum Gasteiger partial charge on any atom is -0.493 e. The first-order valence-corrected chi connectivity index (χ1v) is 5.31. The van der Waals surface area contributed by atoms with Crippen LogP contribution in [0.15, 0.2) is 18.5 Å². The van der Waals surface area contributed by atoms with Gasteiger partial charge in [-0.25, -0.2) is 0 Å². The van der Waals surface area contributed by atoms with Crippen molar-refractivity contribution in [2.24, 2.45) is 0 Å². The first-order chi connectivity index (χ1) is 7.59. The van der Waals surface area contributed by atoms with Crippen LogP contribution in [0.1, 0.15) is 25.8 Å². The van der Waals surface area contributed by atoms with E-state index in [2.05, 4.69) is 4.98 Å². The summed E-state index contributed by atoms with van der Waals surface area (Å²) >= 11 is 0. The van der Waals surface area contributed by atoms with E-state index in [9.17, 15) is 0 Å². The summed E-state index contributed by atoms with van der Waals surface area (Å²) in [5, 5.41) is 9.08. The van der Waals surface area contributed by atoms with E-state index < -0.39 is 0 Å². The molecule has 4 heteroatoms. The topological polar surface area (TPSA) is 51.6 Å². The number of hydrogen-bond acceptors (Lipinski definition) is 4. The lowest BCUT2D eigenvalue weighted by atomic mass is 10.1. The third-order valence-electron chi connectivity index (χ3n) is 2.54. The van der Waals surface area contributed by atoms with Crippen LogP contribution in [0, 0.1) is 0 Å². The van der Waals surface area contributed by atoms with Crippen molar-refractivity contribution in [1.29, 1.82) is 0 Å². The summed E-state index contributed by atoms with van der Waals surface area (Å²) in [4.78, 5) is 3.92. The highest BCUT2D eigenvalue weighted by atomic mass is 16.5. The first kappa shape index (κ1) is 12.9. The number of aromatic nitrogens is 1. The molecule has 90 valence electrons. The zero-order valence-corrected chi connectivity index (χ0v) is 10.1. The van der Waals surface area contributed by atoms with E-state index in [0.717, 1.165) is 6.42 Å². The van der Waals surface area contributed by atoms with E-state index >= 15 is 0 Å². The molecule has 0 aliphatic rings. The number of rotatable bonds is 6. The second-order valence-electron chi connectivity index (χ2n) is 4.20. The largest absolute Gasteiger partial charge is 0.493 e. The van der Waals surface area contributed by atoms with Crippen LogP contribution in [-0.2, 0) is 11.3 Å². The number of aliphatic hydroxyl groups excluding tert-OH is 1. The van der Waals surface area contributed by atoms with Gasteiger partial charge in [0.25, 0.3) is 0 Å². The lowest BCUT2D eigenvalue weighted by molar-refractivity contribution is 0.00530. The summed E-state index contributed by atoms with van der Waals surface area (Å²) in [6.45, 7) is 4.51. The van der Waals surface area contributed by atoms with E-state index in [1.165, 1.54) is 0 Å². The Bertz CT molecular complexity index is 326. The molecule has 1 aromatic heterocycles. The van der Waals surface area contributed by atoms with Crippen LogP contribution in [0.2, 0.25) is 0 Å². The minimum absolute atomic E-state index is 0.0587. The molecule has 0 saturated heterocycles. The zero-order valence-electron chi connectivity index (χ0n) is 10.1. The maximum absolute atomic E-state index is 9.08. The Morgan fingerprint density at radius 3 is 2.81 bits per heavy atom. The Kier molecular flexibility index (Phi) is 4.71. The van der Waals surface area contributed by atoms with Gasteiger partial charge in [0.15, 0.2) is 0 Å². The van der Waals surface area contributed by atoms with Gasteiger partial charge in [-0.05, 0) is 19.9 Å². The van der Waals surface area contributed by atoms with Gasteiger partial charge in [-0.2, -0.15) is 0 Å². The highest BCUT2D eigenvalue weighted by molar-refractivity contribution is 5.29. The SMILES string of the molecule is COC(C)(C)CCOc1ccncc1CO. The molecule has 0 unspecified atom stereocenters. The van der Waals surface area contributed by atoms with Crippen LogP contribution in [0.3, 0.4) is 0 Å². The summed E-state index contributed by atoms with van der Waals surface area (Å²) in [5.41, 5.74) is 0.518. The molecule has 0 aliphatic carbocycles. The number of aliphatic hydroxyl groups is 1. The fourth-order valence-corrected chi connectivity index (χ4v) is 1.18. The smallest absolute Gasteiger partial charge is 0.127 e. The molecule has 0 radical (unpaired) electrons. The van der Waals surface area contributed by atoms with Crippen molar-refractivity contribution < 1.29 is 14.6 Å². The van der Waals surface area contributed by atoms with Gasteiger partial charge < -0.3 is 14.6 Å². The molecule has 1 heterocycles. The maximum Gasteiger partial charge on any atom is 0.127 e. The Morgan fingerprint density at radius 1 is 1.44 bits per heavy atom. The zero-order chi connectivity index (χ0) is 12.0. The van der Waals surface area contributed by atoms with Gasteiger partial charge in [0.1, 0.15) is 5.75 Å². The Morgan fingerprint density at radius 2 is 2.19 bits per heavy atom. The molecule has 4 nitrogen and oxygen atoms in total. The molecule has 0 atom stereocenters. The maximum atomic E-state index is 9.08. The summed E-state index contributed by atoms with van der Waals surface area (Å²) in [6.07, 6.45) is 4.05. The molecule has 0 bridgehead atoms. The quantitative estimate of drug-likeness (QED) is 0.801. The lowest BCUT2D eigenvalue weighted by Crippen LogP contribution is -2.25. The van der Waals surface area contributed by atoms with E-state index in [1.54, 1.807) is 25.6 Å². The standard InChI is InChI=1S/C12H19NO3/c1-12(2,15-3)5-7-16-11-4-6-13-8-10(11)9-14/h4,6,8,14H,5,7,9H2,1-3H3. The number of pyridine rings is 1. The molecule has 0 saturated carbocycles. The number of hydrogen-bond donors (Lipinski definition) is 1. The minimum atomic E-state index is -0.188. The van der Waals surface area contributed by atoms with Gasteiger partial charge in [0, 0.05) is 31.5 Å². The van der Waals surface area contributed by atoms with Gasteiger partial charge in [0.2, 0.25) is 0 Å². The van der Waals surface area contributed by atoms with Crippen LogP contribution in [-0.4, -0.2) is 29.4 Å². The van der Waals surface area contributed by atoms with Crippen molar-refractivity contribution in [2.45, 2.75) is 32.5 Å². The van der Waals surface area contributed by atoms with Crippen molar-refractivity contribution in [3.63, 3.8) is 0 Å². The molecule has 0 spiro atoms. The van der Waals surface area contributed by atoms with E-state index in [1.807, 2.05) is 13.8 Å². The van der Waals surface area contributed by atoms with Gasteiger partial charge in [-0.3, -0.25) is 4.98 Å². The predicted molar refractivity (Wildman–Crippen MR) is 61.4 cm³/mol. The van der Waals surface area contributed by atoms with Crippen molar-refractivity contribution >= 4 is 0 Å². The third-order valence-corrected chi connectivity index (χ3v) is 2.54. The van der Waals surface area contributed by atoms with Crippen LogP contribution in [0.25, 0.3) is 0 Å². The predicted octanol–water partition coefficient (Wildman–Crippen LogP) is 1.77. The number of ether oxygens (including phenoxy) is 2. The molecular weight excluding hydrogens is 206 g/mol. The summed E-state index contributed by atoms with van der Waals surface area (Å²) in [5.74, 6) is 0.685. The Labute approximate surface area is 96.2 Å². The molecule has 1 rings (SSSR count). The molecular formula is C12H19NO3. The van der Waals surface area contributed by atoms with Gasteiger partial charge >= 0.3 is 0 Å². The molecule has 0 aliphatic heterocycles. The van der Waals surface area contributed by atoms with Crippen molar-refractivity contribution in [3.05, 3.63) is 24.0 Å². The van der Waals surface area contributed by atoms with Crippen molar-refractivity contribution in [2.75, 3.05) is 13.7 Å². The molecule has 0 fully saturated rings. The molecule has 0 aromatic carbocycles. The van der Waals surface area contributed by atoms with Crippen LogP contribution in [0.5, 0.6) is 5.75 Å². The average Bonchev–Trinajstić information content (AvgIpc) is 2.29. The second kappa shape index (κ2) is 5.82. The number of methoxy groups -OCH3 is 1. The molecule has 0 amide bonds. The van der Waals surface area contributed by atoms with Crippen molar-refractivity contribution in [3.8, 4) is 5.75 Å². The van der Waals surface area contributed by atoms with Crippen LogP contribution < -0.4 is 4.74 Å². The molecule has 1 aromatic rings. The Balaban J connectivity index is 2.49. The fraction of sp³-hybridized carbons (Fsp3) is 0.583. The van der Waals surface area contributed by atoms with E-state index in [0.29, 0.717) is 17.9 Å². The van der Waals surface area contributed by atoms with Crippen LogP contribution >= 0.6 is 0 Å². The first-order valence-electron chi connectivity index (χ1n) is 5.31. The van der Waals surface area contributed by atoms with Gasteiger partial charge in [-0.1, -0.05) is 0 Å². The number of nitrogens with zero attached hydrogens (tertiary/aromatic N) is 1. The monoisotopic (exact) mass is 225 g/mol. The molecule has 1 N–H and O–H groups in total. The summed E-state index contributed by atoms with van der Waals surface area (Å²) in [6, 6.07) is 1.76. The lowest BCUT2D eigenvalue weighted by Gasteiger charge is -2.22. The summed E-state index contributed by atoms with van der Waals surface area (Å²) in [7, 11) is 1.69. The van der Waals surface area contributed by atoms with Gasteiger partial charge in [0.05, 0.1) is 18.8 Å². The van der Waals surface area contributed by atoms with E-state index in [4.69, 9.17) is 14.6 Å². The highest BCUT2D eigenvalue weighted by Crippen LogP contribution is 2.18.